The molecule has 27 heavy (non-hydrogen) atoms. The molecule has 2 aromatic rings. The molecular formula is C22H23F3O2. The van der Waals surface area contributed by atoms with Crippen molar-refractivity contribution in [2.45, 2.75) is 51.4 Å². The second kappa shape index (κ2) is 8.15. The van der Waals surface area contributed by atoms with Crippen LogP contribution in [0.15, 0.2) is 30.3 Å². The Labute approximate surface area is 157 Å². The molecule has 3 rings (SSSR count). The van der Waals surface area contributed by atoms with Crippen LogP contribution in [0, 0.1) is 23.4 Å². The Balaban J connectivity index is 2.06. The predicted octanol–water partition coefficient (Wildman–Crippen LogP) is 6.54. The van der Waals surface area contributed by atoms with E-state index < -0.39 is 23.4 Å². The van der Waals surface area contributed by atoms with Crippen molar-refractivity contribution in [1.29, 1.82) is 0 Å². The van der Waals surface area contributed by atoms with Crippen molar-refractivity contribution in [1.82, 2.24) is 0 Å². The maximum atomic E-state index is 13.8. The Morgan fingerprint density at radius 2 is 1.70 bits per heavy atom. The molecule has 0 saturated heterocycles. The zero-order valence-corrected chi connectivity index (χ0v) is 15.3. The first-order valence-electron chi connectivity index (χ1n) is 9.43. The average Bonchev–Trinajstić information content (AvgIpc) is 2.66. The Morgan fingerprint density at radius 3 is 2.26 bits per heavy atom. The maximum Gasteiger partial charge on any atom is 0.335 e. The van der Waals surface area contributed by atoms with Gasteiger partial charge >= 0.3 is 5.97 Å². The maximum absolute atomic E-state index is 13.8. The van der Waals surface area contributed by atoms with E-state index in [2.05, 4.69) is 6.92 Å². The number of rotatable bonds is 5. The van der Waals surface area contributed by atoms with Gasteiger partial charge in [-0.15, -0.1) is 0 Å². The molecule has 0 spiro atoms. The van der Waals surface area contributed by atoms with Crippen molar-refractivity contribution in [3.8, 4) is 11.1 Å². The molecule has 0 atom stereocenters. The van der Waals surface area contributed by atoms with Crippen LogP contribution < -0.4 is 0 Å². The number of carboxylic acids is 1. The second-order valence-corrected chi connectivity index (χ2v) is 7.33. The van der Waals surface area contributed by atoms with Gasteiger partial charge in [0.15, 0.2) is 17.5 Å². The summed E-state index contributed by atoms with van der Waals surface area (Å²) in [5, 5.41) is 9.65. The lowest BCUT2D eigenvalue weighted by molar-refractivity contribution is 0.0694. The lowest BCUT2D eigenvalue weighted by Crippen LogP contribution is -2.17. The van der Waals surface area contributed by atoms with Gasteiger partial charge in [0.2, 0.25) is 0 Å². The van der Waals surface area contributed by atoms with Crippen LogP contribution in [-0.2, 0) is 0 Å². The molecule has 0 aliphatic heterocycles. The van der Waals surface area contributed by atoms with Crippen molar-refractivity contribution in [3.63, 3.8) is 0 Å². The molecule has 1 aliphatic rings. The number of hydrogen-bond donors (Lipinski definition) is 1. The molecular weight excluding hydrogens is 353 g/mol. The lowest BCUT2D eigenvalue weighted by Gasteiger charge is -2.31. The molecule has 1 fully saturated rings. The first kappa shape index (κ1) is 19.5. The summed E-state index contributed by atoms with van der Waals surface area (Å²) in [4.78, 5) is 11.8. The van der Waals surface area contributed by atoms with E-state index in [1.165, 1.54) is 6.07 Å². The Kier molecular flexibility index (Phi) is 5.88. The van der Waals surface area contributed by atoms with Gasteiger partial charge in [-0.3, -0.25) is 0 Å². The molecule has 2 aromatic carbocycles. The SMILES string of the molecule is CCCC1CCC(c2c(C(=O)O)cccc2-c2cc(F)c(F)c(F)c2)CC1. The molecule has 2 nitrogen and oxygen atoms in total. The summed E-state index contributed by atoms with van der Waals surface area (Å²) in [5.41, 5.74) is 1.38. The third kappa shape index (κ3) is 4.02. The summed E-state index contributed by atoms with van der Waals surface area (Å²) in [6, 6.07) is 6.61. The highest BCUT2D eigenvalue weighted by atomic mass is 19.2. The van der Waals surface area contributed by atoms with E-state index in [9.17, 15) is 23.1 Å². The van der Waals surface area contributed by atoms with Crippen molar-refractivity contribution in [2.24, 2.45) is 5.92 Å². The van der Waals surface area contributed by atoms with E-state index in [1.54, 1.807) is 12.1 Å². The summed E-state index contributed by atoms with van der Waals surface area (Å²) in [6.45, 7) is 2.15. The molecule has 1 N–H and O–H groups in total. The number of halogens is 3. The van der Waals surface area contributed by atoms with E-state index in [4.69, 9.17) is 0 Å². The summed E-state index contributed by atoms with van der Waals surface area (Å²) in [5.74, 6) is -4.48. The third-order valence-corrected chi connectivity index (χ3v) is 5.58. The minimum Gasteiger partial charge on any atom is -0.478 e. The number of carboxylic acid groups (broad SMARTS) is 1. The van der Waals surface area contributed by atoms with Gasteiger partial charge in [0, 0.05) is 0 Å². The summed E-state index contributed by atoms with van der Waals surface area (Å²) >= 11 is 0. The highest BCUT2D eigenvalue weighted by Crippen LogP contribution is 2.43. The zero-order chi connectivity index (χ0) is 19.6. The van der Waals surface area contributed by atoms with Gasteiger partial charge in [-0.25, -0.2) is 18.0 Å². The van der Waals surface area contributed by atoms with Gasteiger partial charge in [0.05, 0.1) is 5.56 Å². The topological polar surface area (TPSA) is 37.3 Å². The summed E-state index contributed by atoms with van der Waals surface area (Å²) < 4.78 is 40.9. The Morgan fingerprint density at radius 1 is 1.07 bits per heavy atom. The second-order valence-electron chi connectivity index (χ2n) is 7.33. The summed E-state index contributed by atoms with van der Waals surface area (Å²) in [7, 11) is 0. The van der Waals surface area contributed by atoms with Crippen LogP contribution in [0.25, 0.3) is 11.1 Å². The van der Waals surface area contributed by atoms with Crippen LogP contribution in [0.4, 0.5) is 13.2 Å². The smallest absolute Gasteiger partial charge is 0.335 e. The van der Waals surface area contributed by atoms with Crippen LogP contribution in [0.1, 0.15) is 67.3 Å². The van der Waals surface area contributed by atoms with Gasteiger partial charge in [0.25, 0.3) is 0 Å². The van der Waals surface area contributed by atoms with E-state index in [-0.39, 0.29) is 17.0 Å². The molecule has 0 amide bonds. The van der Waals surface area contributed by atoms with E-state index in [1.807, 2.05) is 0 Å². The van der Waals surface area contributed by atoms with Gasteiger partial charge in [-0.1, -0.05) is 31.9 Å². The molecule has 1 aliphatic carbocycles. The molecule has 0 heterocycles. The fourth-order valence-electron chi connectivity index (χ4n) is 4.30. The van der Waals surface area contributed by atoms with Crippen LogP contribution in [0.5, 0.6) is 0 Å². The number of aromatic carboxylic acids is 1. The van der Waals surface area contributed by atoms with Crippen molar-refractivity contribution < 1.29 is 23.1 Å². The Bertz CT molecular complexity index is 816. The number of benzene rings is 2. The molecule has 0 radical (unpaired) electrons. The van der Waals surface area contributed by atoms with Gasteiger partial charge in [-0.2, -0.15) is 0 Å². The molecule has 1 saturated carbocycles. The third-order valence-electron chi connectivity index (χ3n) is 5.58. The van der Waals surface area contributed by atoms with Crippen molar-refractivity contribution >= 4 is 5.97 Å². The fraction of sp³-hybridized carbons (Fsp3) is 0.409. The quantitative estimate of drug-likeness (QED) is 0.601. The number of hydrogen-bond acceptors (Lipinski definition) is 1. The average molecular weight is 376 g/mol. The fourth-order valence-corrected chi connectivity index (χ4v) is 4.30. The van der Waals surface area contributed by atoms with Crippen LogP contribution in [0.3, 0.4) is 0 Å². The van der Waals surface area contributed by atoms with Crippen molar-refractivity contribution in [2.75, 3.05) is 0 Å². The standard InChI is InChI=1S/C22H23F3O2/c1-2-4-13-7-9-14(10-8-13)20-16(5-3-6-17(20)22(26)27)15-11-18(23)21(25)19(24)12-15/h3,5-6,11-14H,2,4,7-10H2,1H3,(H,26,27). The van der Waals surface area contributed by atoms with Crippen LogP contribution >= 0.6 is 0 Å². The molecule has 144 valence electrons. The molecule has 0 bridgehead atoms. The van der Waals surface area contributed by atoms with E-state index in [0.717, 1.165) is 50.7 Å². The molecule has 0 aromatic heterocycles. The first-order valence-corrected chi connectivity index (χ1v) is 9.43. The normalized spacial score (nSPS) is 19.9. The Hall–Kier alpha value is -2.30. The van der Waals surface area contributed by atoms with Gasteiger partial charge in [0.1, 0.15) is 0 Å². The zero-order valence-electron chi connectivity index (χ0n) is 15.3. The van der Waals surface area contributed by atoms with Crippen LogP contribution in [0.2, 0.25) is 0 Å². The molecule has 5 heteroatoms. The summed E-state index contributed by atoms with van der Waals surface area (Å²) in [6.07, 6.45) is 5.99. The van der Waals surface area contributed by atoms with Gasteiger partial charge in [-0.05, 0) is 72.4 Å². The first-order chi connectivity index (χ1) is 12.9. The largest absolute Gasteiger partial charge is 0.478 e. The molecule has 0 unspecified atom stereocenters. The minimum atomic E-state index is -1.52. The lowest BCUT2D eigenvalue weighted by atomic mass is 9.74. The van der Waals surface area contributed by atoms with Gasteiger partial charge < -0.3 is 5.11 Å². The number of carbonyl (C=O) groups is 1. The highest BCUT2D eigenvalue weighted by Gasteiger charge is 2.28. The minimum absolute atomic E-state index is 0.0107. The van der Waals surface area contributed by atoms with Crippen molar-refractivity contribution in [3.05, 3.63) is 58.9 Å². The van der Waals surface area contributed by atoms with E-state index >= 15 is 0 Å². The van der Waals surface area contributed by atoms with Crippen LogP contribution in [-0.4, -0.2) is 11.1 Å². The predicted molar refractivity (Wildman–Crippen MR) is 98.3 cm³/mol. The van der Waals surface area contributed by atoms with E-state index in [0.29, 0.717) is 17.0 Å². The highest BCUT2D eigenvalue weighted by molar-refractivity contribution is 5.92. The monoisotopic (exact) mass is 376 g/mol.